The molecule has 0 bridgehead atoms. The second-order valence-electron chi connectivity index (χ2n) is 5.77. The van der Waals surface area contributed by atoms with Crippen LogP contribution in [0.25, 0.3) is 0 Å². The number of piperazine rings is 1. The lowest BCUT2D eigenvalue weighted by Gasteiger charge is -2.35. The van der Waals surface area contributed by atoms with Crippen LogP contribution in [-0.2, 0) is 10.0 Å². The minimum absolute atomic E-state index is 0.231. The summed E-state index contributed by atoms with van der Waals surface area (Å²) in [6, 6.07) is 14.5. The Hall–Kier alpha value is -2.96. The van der Waals surface area contributed by atoms with Crippen LogP contribution in [0, 0.1) is 21.4 Å². The van der Waals surface area contributed by atoms with Crippen molar-refractivity contribution in [2.75, 3.05) is 31.1 Å². The maximum Gasteiger partial charge on any atom is 0.289 e. The fourth-order valence-electron chi connectivity index (χ4n) is 2.90. The number of nitro benzene ring substituents is 1. The molecule has 1 heterocycles. The van der Waals surface area contributed by atoms with Gasteiger partial charge < -0.3 is 4.90 Å². The van der Waals surface area contributed by atoms with Gasteiger partial charge >= 0.3 is 0 Å². The summed E-state index contributed by atoms with van der Waals surface area (Å²) in [6.45, 7) is 1.39. The Morgan fingerprint density at radius 1 is 1.00 bits per heavy atom. The fourth-order valence-corrected chi connectivity index (χ4v) is 4.48. The number of nitro groups is 1. The lowest BCUT2D eigenvalue weighted by Crippen LogP contribution is -2.48. The van der Waals surface area contributed by atoms with Crippen LogP contribution in [-0.4, -0.2) is 43.8 Å². The third-order valence-corrected chi connectivity index (χ3v) is 6.23. The molecule has 3 rings (SSSR count). The zero-order valence-corrected chi connectivity index (χ0v) is 14.6. The molecule has 26 heavy (non-hydrogen) atoms. The largest absolute Gasteiger partial charge is 0.369 e. The van der Waals surface area contributed by atoms with E-state index in [9.17, 15) is 18.5 Å². The highest BCUT2D eigenvalue weighted by molar-refractivity contribution is 7.89. The first-order chi connectivity index (χ1) is 12.4. The van der Waals surface area contributed by atoms with E-state index in [-0.39, 0.29) is 18.0 Å². The normalized spacial score (nSPS) is 15.4. The van der Waals surface area contributed by atoms with Gasteiger partial charge in [-0.15, -0.1) is 0 Å². The molecule has 0 N–H and O–H groups in total. The summed E-state index contributed by atoms with van der Waals surface area (Å²) in [6.07, 6.45) is 0. The maximum atomic E-state index is 12.8. The third kappa shape index (κ3) is 3.37. The van der Waals surface area contributed by atoms with Crippen LogP contribution < -0.4 is 4.90 Å². The zero-order valence-electron chi connectivity index (χ0n) is 13.8. The fraction of sp³-hybridized carbons (Fsp3) is 0.235. The van der Waals surface area contributed by atoms with Crippen molar-refractivity contribution in [3.8, 4) is 6.07 Å². The van der Waals surface area contributed by atoms with Crippen molar-refractivity contribution in [2.24, 2.45) is 0 Å². The summed E-state index contributed by atoms with van der Waals surface area (Å²) in [7, 11) is -3.93. The van der Waals surface area contributed by atoms with Crippen molar-refractivity contribution in [3.05, 3.63) is 64.2 Å². The predicted octanol–water partition coefficient (Wildman–Crippen LogP) is 1.98. The molecule has 1 saturated heterocycles. The molecule has 1 aliphatic heterocycles. The molecule has 0 saturated carbocycles. The molecule has 0 atom stereocenters. The van der Waals surface area contributed by atoms with Gasteiger partial charge in [0.2, 0.25) is 10.0 Å². The summed E-state index contributed by atoms with van der Waals surface area (Å²) in [5.41, 5.74) is 1.06. The van der Waals surface area contributed by atoms with Crippen molar-refractivity contribution in [3.63, 3.8) is 0 Å². The molecule has 0 spiro atoms. The number of para-hydroxylation sites is 1. The molecular weight excluding hydrogens is 356 g/mol. The smallest absolute Gasteiger partial charge is 0.289 e. The van der Waals surface area contributed by atoms with E-state index in [1.54, 1.807) is 12.1 Å². The van der Waals surface area contributed by atoms with Crippen LogP contribution in [0.15, 0.2) is 53.4 Å². The van der Waals surface area contributed by atoms with Gasteiger partial charge in [0.05, 0.1) is 16.6 Å². The number of rotatable bonds is 4. The highest BCUT2D eigenvalue weighted by atomic mass is 32.2. The van der Waals surface area contributed by atoms with Crippen LogP contribution >= 0.6 is 0 Å². The average Bonchev–Trinajstić information content (AvgIpc) is 2.68. The predicted molar refractivity (Wildman–Crippen MR) is 95.2 cm³/mol. The minimum atomic E-state index is -3.93. The Labute approximate surface area is 151 Å². The molecule has 1 fully saturated rings. The highest BCUT2D eigenvalue weighted by Crippen LogP contribution is 2.27. The van der Waals surface area contributed by atoms with E-state index in [0.29, 0.717) is 18.7 Å². The molecule has 1 aliphatic rings. The average molecular weight is 372 g/mol. The number of nitrogens with zero attached hydrogens (tertiary/aromatic N) is 4. The maximum absolute atomic E-state index is 12.8. The summed E-state index contributed by atoms with van der Waals surface area (Å²) in [5.74, 6) is 0. The van der Waals surface area contributed by atoms with Gasteiger partial charge in [0.1, 0.15) is 0 Å². The first-order valence-corrected chi connectivity index (χ1v) is 9.36. The lowest BCUT2D eigenvalue weighted by molar-refractivity contribution is -0.387. The van der Waals surface area contributed by atoms with E-state index in [0.717, 1.165) is 5.69 Å². The van der Waals surface area contributed by atoms with E-state index in [2.05, 4.69) is 6.07 Å². The first kappa shape index (κ1) is 17.8. The highest BCUT2D eigenvalue weighted by Gasteiger charge is 2.33. The van der Waals surface area contributed by atoms with Crippen LogP contribution in [0.5, 0.6) is 0 Å². The lowest BCUT2D eigenvalue weighted by atomic mass is 10.2. The van der Waals surface area contributed by atoms with Crippen molar-refractivity contribution >= 4 is 21.4 Å². The molecule has 0 aromatic heterocycles. The molecule has 2 aromatic rings. The van der Waals surface area contributed by atoms with Gasteiger partial charge in [0.15, 0.2) is 4.90 Å². The topological polar surface area (TPSA) is 108 Å². The third-order valence-electron chi connectivity index (χ3n) is 4.28. The van der Waals surface area contributed by atoms with Crippen molar-refractivity contribution < 1.29 is 13.3 Å². The zero-order chi connectivity index (χ0) is 18.7. The van der Waals surface area contributed by atoms with Crippen LogP contribution in [0.2, 0.25) is 0 Å². The van der Waals surface area contributed by atoms with E-state index in [1.807, 2.05) is 17.0 Å². The summed E-state index contributed by atoms with van der Waals surface area (Å²) < 4.78 is 26.9. The van der Waals surface area contributed by atoms with E-state index < -0.39 is 20.6 Å². The number of nitriles is 1. The van der Waals surface area contributed by atoms with Crippen molar-refractivity contribution in [1.29, 1.82) is 5.26 Å². The quantitative estimate of drug-likeness (QED) is 0.600. The van der Waals surface area contributed by atoms with Crippen LogP contribution in [0.4, 0.5) is 11.4 Å². The number of hydrogen-bond donors (Lipinski definition) is 0. The monoisotopic (exact) mass is 372 g/mol. The molecule has 2 aromatic carbocycles. The number of hydrogen-bond acceptors (Lipinski definition) is 6. The first-order valence-electron chi connectivity index (χ1n) is 7.92. The van der Waals surface area contributed by atoms with Crippen molar-refractivity contribution in [2.45, 2.75) is 4.90 Å². The van der Waals surface area contributed by atoms with Gasteiger partial charge in [0.25, 0.3) is 5.69 Å². The van der Waals surface area contributed by atoms with E-state index in [4.69, 9.17) is 5.26 Å². The van der Waals surface area contributed by atoms with Gasteiger partial charge in [-0.25, -0.2) is 8.42 Å². The molecule has 0 unspecified atom stereocenters. The standard InChI is InChI=1S/C17H16N4O4S/c18-13-14-5-7-15(8-6-14)19-9-11-20(12-10-19)26(24,25)17-4-2-1-3-16(17)21(22)23/h1-8H,9-12H2. The molecule has 134 valence electrons. The minimum Gasteiger partial charge on any atom is -0.369 e. The molecule has 0 amide bonds. The second-order valence-corrected chi connectivity index (χ2v) is 7.68. The van der Waals surface area contributed by atoms with Gasteiger partial charge in [-0.1, -0.05) is 12.1 Å². The Bertz CT molecular complexity index is 959. The summed E-state index contributed by atoms with van der Waals surface area (Å²) in [4.78, 5) is 12.2. The van der Waals surface area contributed by atoms with E-state index in [1.165, 1.54) is 28.6 Å². The summed E-state index contributed by atoms with van der Waals surface area (Å²) in [5, 5.41) is 20.0. The second kappa shape index (κ2) is 7.11. The Morgan fingerprint density at radius 2 is 1.62 bits per heavy atom. The van der Waals surface area contributed by atoms with Crippen LogP contribution in [0.1, 0.15) is 5.56 Å². The Morgan fingerprint density at radius 3 is 2.19 bits per heavy atom. The molecule has 0 aliphatic carbocycles. The van der Waals surface area contributed by atoms with Gasteiger partial charge in [-0.2, -0.15) is 9.57 Å². The molecule has 9 heteroatoms. The Balaban J connectivity index is 1.77. The van der Waals surface area contributed by atoms with E-state index >= 15 is 0 Å². The Kier molecular flexibility index (Phi) is 4.88. The van der Waals surface area contributed by atoms with Gasteiger partial charge in [-0.3, -0.25) is 10.1 Å². The molecule has 8 nitrogen and oxygen atoms in total. The number of benzene rings is 2. The number of anilines is 1. The van der Waals surface area contributed by atoms with Gasteiger partial charge in [0, 0.05) is 37.9 Å². The summed E-state index contributed by atoms with van der Waals surface area (Å²) >= 11 is 0. The van der Waals surface area contributed by atoms with Gasteiger partial charge in [-0.05, 0) is 30.3 Å². The van der Waals surface area contributed by atoms with Crippen molar-refractivity contribution in [1.82, 2.24) is 4.31 Å². The molecular formula is C17H16N4O4S. The molecule has 0 radical (unpaired) electrons. The van der Waals surface area contributed by atoms with Crippen LogP contribution in [0.3, 0.4) is 0 Å². The number of sulfonamides is 1. The SMILES string of the molecule is N#Cc1ccc(N2CCN(S(=O)(=O)c3ccccc3[N+](=O)[O-])CC2)cc1.